The van der Waals surface area contributed by atoms with E-state index in [1.54, 1.807) is 6.20 Å². The molecule has 5 nitrogen and oxygen atoms in total. The number of piperidine rings is 1. The Balaban J connectivity index is 1.84. The summed E-state index contributed by atoms with van der Waals surface area (Å²) in [4.78, 5) is 18.2. The summed E-state index contributed by atoms with van der Waals surface area (Å²) in [5.41, 5.74) is 1.47. The molecule has 2 aliphatic rings. The minimum atomic E-state index is -0.371. The van der Waals surface area contributed by atoms with Crippen LogP contribution in [0.1, 0.15) is 42.6 Å². The lowest BCUT2D eigenvalue weighted by molar-refractivity contribution is 0.0594. The average Bonchev–Trinajstić information content (AvgIpc) is 3.08. The average molecular weight is 289 g/mol. The first kappa shape index (κ1) is 14.3. The number of nitrogens with zero attached hydrogens (tertiary/aromatic N) is 2. The molecule has 1 N–H and O–H groups in total. The van der Waals surface area contributed by atoms with Crippen molar-refractivity contribution in [2.45, 2.75) is 44.2 Å². The molecule has 5 heteroatoms. The van der Waals surface area contributed by atoms with Crippen LogP contribution in [-0.4, -0.2) is 43.2 Å². The highest BCUT2D eigenvalue weighted by Gasteiger charge is 2.32. The minimum Gasteiger partial charge on any atom is -0.464 e. The zero-order chi connectivity index (χ0) is 14.7. The maximum absolute atomic E-state index is 11.7. The van der Waals surface area contributed by atoms with Crippen molar-refractivity contribution in [3.63, 3.8) is 0 Å². The van der Waals surface area contributed by atoms with Gasteiger partial charge >= 0.3 is 5.97 Å². The van der Waals surface area contributed by atoms with Crippen molar-refractivity contribution in [2.24, 2.45) is 0 Å². The van der Waals surface area contributed by atoms with Crippen LogP contribution in [0.3, 0.4) is 0 Å². The van der Waals surface area contributed by atoms with Gasteiger partial charge in [0.25, 0.3) is 0 Å². The summed E-state index contributed by atoms with van der Waals surface area (Å²) in [5.74, 6) is -0.371. The van der Waals surface area contributed by atoms with E-state index in [4.69, 9.17) is 4.74 Å². The topological polar surface area (TPSA) is 54.5 Å². The fourth-order valence-corrected chi connectivity index (χ4v) is 3.55. The van der Waals surface area contributed by atoms with Crippen molar-refractivity contribution in [1.82, 2.24) is 10.3 Å². The Labute approximate surface area is 125 Å². The van der Waals surface area contributed by atoms with Gasteiger partial charge in [0.2, 0.25) is 0 Å². The molecule has 21 heavy (non-hydrogen) atoms. The molecule has 1 aromatic rings. The summed E-state index contributed by atoms with van der Waals surface area (Å²) in [7, 11) is 1.39. The maximum atomic E-state index is 11.7. The standard InChI is InChI=1S/C16H23N3O2/c1-21-16(20)14-11-12(7-9-18-14)19-10-3-2-6-15(19)13-5-4-8-17-13/h7,9,11,13,15,17H,2-6,8,10H2,1H3. The quantitative estimate of drug-likeness (QED) is 0.862. The molecule has 2 unspecified atom stereocenters. The molecule has 0 amide bonds. The molecule has 114 valence electrons. The van der Waals surface area contributed by atoms with Crippen LogP contribution in [0.15, 0.2) is 18.3 Å². The van der Waals surface area contributed by atoms with E-state index in [1.165, 1.54) is 39.2 Å². The number of ether oxygens (including phenoxy) is 1. The second-order valence-electron chi connectivity index (χ2n) is 5.85. The smallest absolute Gasteiger partial charge is 0.356 e. The third kappa shape index (κ3) is 3.02. The molecule has 0 bridgehead atoms. The van der Waals surface area contributed by atoms with Gasteiger partial charge in [0.15, 0.2) is 0 Å². The Morgan fingerprint density at radius 1 is 1.38 bits per heavy atom. The second kappa shape index (κ2) is 6.43. The van der Waals surface area contributed by atoms with Gasteiger partial charge in [-0.3, -0.25) is 0 Å². The molecule has 2 saturated heterocycles. The van der Waals surface area contributed by atoms with Gasteiger partial charge in [-0.2, -0.15) is 0 Å². The number of carbonyl (C=O) groups excluding carboxylic acids is 1. The molecule has 2 fully saturated rings. The van der Waals surface area contributed by atoms with Gasteiger partial charge in [-0.15, -0.1) is 0 Å². The third-order valence-corrected chi connectivity index (χ3v) is 4.58. The summed E-state index contributed by atoms with van der Waals surface area (Å²) in [6.07, 6.45) is 7.92. The number of nitrogens with one attached hydrogen (secondary N) is 1. The molecule has 1 aromatic heterocycles. The second-order valence-corrected chi connectivity index (χ2v) is 5.85. The van der Waals surface area contributed by atoms with E-state index in [-0.39, 0.29) is 5.97 Å². The van der Waals surface area contributed by atoms with Crippen molar-refractivity contribution in [3.8, 4) is 0 Å². The molecule has 0 spiro atoms. The predicted molar refractivity (Wildman–Crippen MR) is 81.6 cm³/mol. The Morgan fingerprint density at radius 3 is 3.05 bits per heavy atom. The van der Waals surface area contributed by atoms with Crippen molar-refractivity contribution in [3.05, 3.63) is 24.0 Å². The van der Waals surface area contributed by atoms with Crippen molar-refractivity contribution in [1.29, 1.82) is 0 Å². The SMILES string of the molecule is COC(=O)c1cc(N2CCCCC2C2CCCN2)ccn1. The summed E-state index contributed by atoms with van der Waals surface area (Å²) in [5, 5.41) is 3.63. The zero-order valence-electron chi connectivity index (χ0n) is 12.5. The summed E-state index contributed by atoms with van der Waals surface area (Å²) in [6.45, 7) is 2.17. The van der Waals surface area contributed by atoms with Crippen LogP contribution in [0.5, 0.6) is 0 Å². The number of hydrogen-bond donors (Lipinski definition) is 1. The van der Waals surface area contributed by atoms with E-state index in [1.807, 2.05) is 12.1 Å². The van der Waals surface area contributed by atoms with E-state index >= 15 is 0 Å². The first-order chi connectivity index (χ1) is 10.3. The number of anilines is 1. The van der Waals surface area contributed by atoms with Crippen LogP contribution in [0.2, 0.25) is 0 Å². The minimum absolute atomic E-state index is 0.371. The van der Waals surface area contributed by atoms with Gasteiger partial charge in [0.05, 0.1) is 7.11 Å². The van der Waals surface area contributed by atoms with Gasteiger partial charge in [0.1, 0.15) is 5.69 Å². The molecule has 3 heterocycles. The van der Waals surface area contributed by atoms with Crippen molar-refractivity contribution < 1.29 is 9.53 Å². The van der Waals surface area contributed by atoms with E-state index in [2.05, 4.69) is 15.2 Å². The van der Waals surface area contributed by atoms with Crippen LogP contribution in [-0.2, 0) is 4.74 Å². The van der Waals surface area contributed by atoms with E-state index in [9.17, 15) is 4.79 Å². The van der Waals surface area contributed by atoms with Gasteiger partial charge in [-0.05, 0) is 50.8 Å². The highest BCUT2D eigenvalue weighted by molar-refractivity contribution is 5.88. The van der Waals surface area contributed by atoms with Crippen LogP contribution in [0.4, 0.5) is 5.69 Å². The normalized spacial score (nSPS) is 25.9. The number of carbonyl (C=O) groups is 1. The van der Waals surface area contributed by atoms with Crippen LogP contribution in [0, 0.1) is 0 Å². The molecule has 0 radical (unpaired) electrons. The largest absolute Gasteiger partial charge is 0.464 e. The van der Waals surface area contributed by atoms with Gasteiger partial charge < -0.3 is 15.0 Å². The van der Waals surface area contributed by atoms with Gasteiger partial charge in [-0.25, -0.2) is 9.78 Å². The first-order valence-electron chi connectivity index (χ1n) is 7.84. The molecule has 0 aromatic carbocycles. The van der Waals surface area contributed by atoms with Crippen molar-refractivity contribution in [2.75, 3.05) is 25.1 Å². The third-order valence-electron chi connectivity index (χ3n) is 4.58. The van der Waals surface area contributed by atoms with Crippen LogP contribution in [0.25, 0.3) is 0 Å². The Morgan fingerprint density at radius 2 is 2.29 bits per heavy atom. The number of pyridine rings is 1. The zero-order valence-corrected chi connectivity index (χ0v) is 12.5. The summed E-state index contributed by atoms with van der Waals surface area (Å²) in [6, 6.07) is 4.95. The maximum Gasteiger partial charge on any atom is 0.356 e. The van der Waals surface area contributed by atoms with Gasteiger partial charge in [0, 0.05) is 30.5 Å². The molecule has 2 atom stereocenters. The lowest BCUT2D eigenvalue weighted by atomic mass is 9.94. The first-order valence-corrected chi connectivity index (χ1v) is 7.84. The fraction of sp³-hybridized carbons (Fsp3) is 0.625. The van der Waals surface area contributed by atoms with E-state index in [0.29, 0.717) is 17.8 Å². The molecular weight excluding hydrogens is 266 g/mol. The summed E-state index contributed by atoms with van der Waals surface area (Å²) >= 11 is 0. The fourth-order valence-electron chi connectivity index (χ4n) is 3.55. The monoisotopic (exact) mass is 289 g/mol. The molecule has 3 rings (SSSR count). The number of methoxy groups -OCH3 is 1. The van der Waals surface area contributed by atoms with E-state index < -0.39 is 0 Å². The number of aromatic nitrogens is 1. The predicted octanol–water partition coefficient (Wildman–Crippen LogP) is 1.98. The number of esters is 1. The summed E-state index contributed by atoms with van der Waals surface area (Å²) < 4.78 is 4.77. The number of rotatable bonds is 3. The van der Waals surface area contributed by atoms with Crippen LogP contribution >= 0.6 is 0 Å². The Bertz CT molecular complexity index is 500. The van der Waals surface area contributed by atoms with E-state index in [0.717, 1.165) is 18.8 Å². The molecule has 0 saturated carbocycles. The lowest BCUT2D eigenvalue weighted by Crippen LogP contribution is -2.50. The number of hydrogen-bond acceptors (Lipinski definition) is 5. The van der Waals surface area contributed by atoms with Gasteiger partial charge in [-0.1, -0.05) is 0 Å². The Kier molecular flexibility index (Phi) is 4.39. The van der Waals surface area contributed by atoms with Crippen molar-refractivity contribution >= 4 is 11.7 Å². The highest BCUT2D eigenvalue weighted by Crippen LogP contribution is 2.29. The lowest BCUT2D eigenvalue weighted by Gasteiger charge is -2.41. The van der Waals surface area contributed by atoms with Crippen LogP contribution < -0.4 is 10.2 Å². The Hall–Kier alpha value is -1.62. The highest BCUT2D eigenvalue weighted by atomic mass is 16.5. The molecular formula is C16H23N3O2. The molecule has 0 aliphatic carbocycles. The molecule has 2 aliphatic heterocycles.